The molecule has 8 nitrogen and oxygen atoms in total. The Labute approximate surface area is 191 Å². The molecule has 0 saturated heterocycles. The fourth-order valence-corrected chi connectivity index (χ4v) is 4.41. The molecule has 0 bridgehead atoms. The van der Waals surface area contributed by atoms with Gasteiger partial charge in [0.05, 0.1) is 45.5 Å². The summed E-state index contributed by atoms with van der Waals surface area (Å²) in [6, 6.07) is 5.56. The van der Waals surface area contributed by atoms with Crippen molar-refractivity contribution >= 4 is 21.6 Å². The van der Waals surface area contributed by atoms with Gasteiger partial charge < -0.3 is 24.3 Å². The van der Waals surface area contributed by atoms with Gasteiger partial charge in [0.1, 0.15) is 10.7 Å². The Hall–Kier alpha value is -2.72. The van der Waals surface area contributed by atoms with Crippen LogP contribution in [0.2, 0.25) is 0 Å². The van der Waals surface area contributed by atoms with Gasteiger partial charge in [0, 0.05) is 17.5 Å². The monoisotopic (exact) mass is 459 g/mol. The Morgan fingerprint density at radius 3 is 2.78 bits per heavy atom. The summed E-state index contributed by atoms with van der Waals surface area (Å²) >= 11 is 1.42. The lowest BCUT2D eigenvalue weighted by atomic mass is 10.1. The molecule has 32 heavy (non-hydrogen) atoms. The minimum absolute atomic E-state index is 0.193. The van der Waals surface area contributed by atoms with Crippen LogP contribution in [-0.4, -0.2) is 66.6 Å². The zero-order valence-corrected chi connectivity index (χ0v) is 19.4. The van der Waals surface area contributed by atoms with E-state index in [0.717, 1.165) is 11.1 Å². The van der Waals surface area contributed by atoms with Crippen molar-refractivity contribution in [3.63, 3.8) is 0 Å². The predicted octanol–water partition coefficient (Wildman–Crippen LogP) is 3.05. The van der Waals surface area contributed by atoms with E-state index in [4.69, 9.17) is 14.2 Å². The van der Waals surface area contributed by atoms with Crippen molar-refractivity contribution < 1.29 is 19.3 Å². The first-order valence-electron chi connectivity index (χ1n) is 10.3. The molecule has 0 radical (unpaired) electrons. The second kappa shape index (κ2) is 11.2. The predicted molar refractivity (Wildman–Crippen MR) is 127 cm³/mol. The van der Waals surface area contributed by atoms with Gasteiger partial charge in [-0.25, -0.2) is 4.98 Å². The summed E-state index contributed by atoms with van der Waals surface area (Å²) in [6.07, 6.45) is 1.01. The van der Waals surface area contributed by atoms with Crippen LogP contribution in [0.4, 0.5) is 0 Å². The summed E-state index contributed by atoms with van der Waals surface area (Å²) in [7, 11) is 3.16. The van der Waals surface area contributed by atoms with Gasteiger partial charge in [-0.1, -0.05) is 19.1 Å². The lowest BCUT2D eigenvalue weighted by Gasteiger charge is -2.22. The Morgan fingerprint density at radius 1 is 1.31 bits per heavy atom. The number of nitrogens with one attached hydrogen (secondary N) is 1. The summed E-state index contributed by atoms with van der Waals surface area (Å²) in [6.45, 7) is 7.74. The first-order chi connectivity index (χ1) is 15.5. The van der Waals surface area contributed by atoms with Crippen molar-refractivity contribution in [1.82, 2.24) is 14.9 Å². The quantitative estimate of drug-likeness (QED) is 0.317. The highest BCUT2D eigenvalue weighted by Crippen LogP contribution is 2.36. The normalized spacial score (nSPS) is 12.3. The van der Waals surface area contributed by atoms with E-state index < -0.39 is 6.10 Å². The molecule has 2 N–H and O–H groups in total. The third-order valence-corrected chi connectivity index (χ3v) is 5.90. The molecule has 0 fully saturated rings. The van der Waals surface area contributed by atoms with E-state index in [1.54, 1.807) is 20.3 Å². The van der Waals surface area contributed by atoms with Gasteiger partial charge in [-0.05, 0) is 24.2 Å². The molecule has 1 atom stereocenters. The number of aromatic amines is 1. The van der Waals surface area contributed by atoms with Crippen LogP contribution in [0.3, 0.4) is 0 Å². The molecular weight excluding hydrogens is 430 g/mol. The van der Waals surface area contributed by atoms with Crippen LogP contribution >= 0.6 is 11.3 Å². The number of nitrogens with zero attached hydrogens (tertiary/aromatic N) is 2. The highest BCUT2D eigenvalue weighted by Gasteiger charge is 2.17. The van der Waals surface area contributed by atoms with Gasteiger partial charge in [0.2, 0.25) is 0 Å². The zero-order chi connectivity index (χ0) is 23.1. The second-order valence-corrected chi connectivity index (χ2v) is 8.08. The molecule has 2 aromatic heterocycles. The van der Waals surface area contributed by atoms with Gasteiger partial charge in [-0.3, -0.25) is 9.69 Å². The molecule has 9 heteroatoms. The number of hydrogen-bond donors (Lipinski definition) is 2. The lowest BCUT2D eigenvalue weighted by molar-refractivity contribution is 0.0252. The topological polar surface area (TPSA) is 96.9 Å². The zero-order valence-electron chi connectivity index (χ0n) is 18.6. The summed E-state index contributed by atoms with van der Waals surface area (Å²) < 4.78 is 16.0. The molecule has 0 aliphatic rings. The Kier molecular flexibility index (Phi) is 8.40. The third-order valence-electron chi connectivity index (χ3n) is 5.02. The first-order valence-corrected chi connectivity index (χ1v) is 11.2. The molecule has 2 heterocycles. The van der Waals surface area contributed by atoms with Crippen LogP contribution in [0.25, 0.3) is 21.3 Å². The van der Waals surface area contributed by atoms with E-state index in [0.29, 0.717) is 53.8 Å². The van der Waals surface area contributed by atoms with E-state index in [1.807, 2.05) is 35.4 Å². The van der Waals surface area contributed by atoms with Gasteiger partial charge >= 0.3 is 0 Å². The highest BCUT2D eigenvalue weighted by atomic mass is 32.1. The number of thiophene rings is 1. The maximum Gasteiger partial charge on any atom is 0.260 e. The number of fused-ring (bicyclic) bond motifs is 1. The van der Waals surface area contributed by atoms with Gasteiger partial charge in [-0.15, -0.1) is 17.9 Å². The van der Waals surface area contributed by atoms with E-state index in [2.05, 4.69) is 16.5 Å². The standard InChI is InChI=1S/C23H29N3O5S/c1-5-9-31-13-16(27)11-26(6-2)12-20-24-22(28)21-17(14-32-23(21)25-20)15-7-8-18(29-3)19(10-15)30-4/h5,7-8,10,14,16,27H,1,6,9,11-13H2,2-4H3,(H,24,25,28). The number of hydrogen-bond acceptors (Lipinski definition) is 8. The SMILES string of the molecule is C=CCOCC(O)CN(CC)Cc1nc2scc(-c3ccc(OC)c(OC)c3)c2c(=O)[nH]1. The van der Waals surface area contributed by atoms with Crippen molar-refractivity contribution in [3.8, 4) is 22.6 Å². The van der Waals surface area contributed by atoms with E-state index in [1.165, 1.54) is 11.3 Å². The van der Waals surface area contributed by atoms with Gasteiger partial charge in [-0.2, -0.15) is 0 Å². The van der Waals surface area contributed by atoms with Crippen LogP contribution < -0.4 is 15.0 Å². The molecule has 3 aromatic rings. The molecule has 3 rings (SSSR count). The molecule has 172 valence electrons. The smallest absolute Gasteiger partial charge is 0.260 e. The molecule has 0 saturated carbocycles. The molecule has 0 amide bonds. The summed E-state index contributed by atoms with van der Waals surface area (Å²) in [5, 5.41) is 12.7. The summed E-state index contributed by atoms with van der Waals surface area (Å²) in [5.41, 5.74) is 1.46. The van der Waals surface area contributed by atoms with E-state index >= 15 is 0 Å². The third kappa shape index (κ3) is 5.55. The molecular formula is C23H29N3O5S. The molecule has 0 aliphatic heterocycles. The van der Waals surface area contributed by atoms with Crippen LogP contribution in [-0.2, 0) is 11.3 Å². The lowest BCUT2D eigenvalue weighted by Crippen LogP contribution is -2.35. The second-order valence-electron chi connectivity index (χ2n) is 7.22. The molecule has 0 aliphatic carbocycles. The Balaban J connectivity index is 1.83. The number of aliphatic hydroxyl groups is 1. The maximum atomic E-state index is 13.0. The summed E-state index contributed by atoms with van der Waals surface area (Å²) in [5.74, 6) is 1.78. The van der Waals surface area contributed by atoms with Crippen molar-refractivity contribution in [2.75, 3.05) is 40.5 Å². The first kappa shape index (κ1) is 23.9. The number of likely N-dealkylation sites (N-methyl/N-ethyl adjacent to an activating group) is 1. The minimum atomic E-state index is -0.635. The number of ether oxygens (including phenoxy) is 3. The van der Waals surface area contributed by atoms with Crippen molar-refractivity contribution in [1.29, 1.82) is 0 Å². The van der Waals surface area contributed by atoms with Crippen molar-refractivity contribution in [3.05, 3.63) is 52.4 Å². The largest absolute Gasteiger partial charge is 0.493 e. The fourth-order valence-electron chi connectivity index (χ4n) is 3.44. The Morgan fingerprint density at radius 2 is 2.09 bits per heavy atom. The van der Waals surface area contributed by atoms with Crippen molar-refractivity contribution in [2.24, 2.45) is 0 Å². The van der Waals surface area contributed by atoms with Crippen LogP contribution in [0.1, 0.15) is 12.7 Å². The number of rotatable bonds is 12. The molecule has 1 aromatic carbocycles. The highest BCUT2D eigenvalue weighted by molar-refractivity contribution is 7.17. The number of aromatic nitrogens is 2. The van der Waals surface area contributed by atoms with Gasteiger partial charge in [0.15, 0.2) is 11.5 Å². The number of methoxy groups -OCH3 is 2. The van der Waals surface area contributed by atoms with Crippen LogP contribution in [0.15, 0.2) is 41.0 Å². The summed E-state index contributed by atoms with van der Waals surface area (Å²) in [4.78, 5) is 23.2. The maximum absolute atomic E-state index is 13.0. The number of H-pyrrole nitrogens is 1. The molecule has 1 unspecified atom stereocenters. The number of benzene rings is 1. The van der Waals surface area contributed by atoms with Crippen LogP contribution in [0, 0.1) is 0 Å². The average molecular weight is 460 g/mol. The molecule has 0 spiro atoms. The number of aliphatic hydroxyl groups excluding tert-OH is 1. The fraction of sp³-hybridized carbons (Fsp3) is 0.391. The van der Waals surface area contributed by atoms with Crippen LogP contribution in [0.5, 0.6) is 11.5 Å². The van der Waals surface area contributed by atoms with Crippen molar-refractivity contribution in [2.45, 2.75) is 19.6 Å². The van der Waals surface area contributed by atoms with Gasteiger partial charge in [0.25, 0.3) is 5.56 Å². The average Bonchev–Trinajstić information content (AvgIpc) is 3.22. The van der Waals surface area contributed by atoms with E-state index in [-0.39, 0.29) is 12.2 Å². The minimum Gasteiger partial charge on any atom is -0.493 e. The van der Waals surface area contributed by atoms with E-state index in [9.17, 15) is 9.90 Å². The Bertz CT molecular complexity index is 1110.